The highest BCUT2D eigenvalue weighted by molar-refractivity contribution is 9.11. The van der Waals surface area contributed by atoms with Crippen molar-refractivity contribution in [3.05, 3.63) is 20.8 Å². The highest BCUT2D eigenvalue weighted by Gasteiger charge is 2.21. The quantitative estimate of drug-likeness (QED) is 0.744. The third-order valence-electron chi connectivity index (χ3n) is 4.12. The summed E-state index contributed by atoms with van der Waals surface area (Å²) < 4.78 is 1.15. The van der Waals surface area contributed by atoms with Crippen LogP contribution in [0.5, 0.6) is 0 Å². The topological polar surface area (TPSA) is 52.7 Å². The van der Waals surface area contributed by atoms with E-state index in [0.717, 1.165) is 42.9 Å². The van der Waals surface area contributed by atoms with Gasteiger partial charge in [-0.25, -0.2) is 0 Å². The molecular weight excluding hydrogens is 390 g/mol. The second-order valence-electron chi connectivity index (χ2n) is 6.57. The summed E-state index contributed by atoms with van der Waals surface area (Å²) in [5, 5.41) is 2.74. The summed E-state index contributed by atoms with van der Waals surface area (Å²) in [5.74, 6) is 0.494. The Hall–Kier alpha value is -0.920. The first-order valence-corrected chi connectivity index (χ1v) is 10.1. The highest BCUT2D eigenvalue weighted by Crippen LogP contribution is 2.23. The first-order chi connectivity index (χ1) is 11.4. The van der Waals surface area contributed by atoms with Crippen LogP contribution in [0, 0.1) is 5.92 Å². The van der Waals surface area contributed by atoms with Gasteiger partial charge in [0.2, 0.25) is 11.8 Å². The largest absolute Gasteiger partial charge is 0.347 e. The summed E-state index contributed by atoms with van der Waals surface area (Å²) in [5.41, 5.74) is 0. The minimum atomic E-state index is -0.0287. The third-order valence-corrected chi connectivity index (χ3v) is 5.73. The maximum Gasteiger partial charge on any atom is 0.242 e. The van der Waals surface area contributed by atoms with Crippen molar-refractivity contribution in [2.45, 2.75) is 33.2 Å². The molecule has 1 saturated heterocycles. The Morgan fingerprint density at radius 2 is 1.96 bits per heavy atom. The van der Waals surface area contributed by atoms with Crippen molar-refractivity contribution >= 4 is 39.1 Å². The Bertz CT molecular complexity index is 554. The summed E-state index contributed by atoms with van der Waals surface area (Å²) in [6.07, 6.45) is 1.35. The standard InChI is InChI=1S/C17H26BrN3O2S/c1-13(2)3-6-16(22)19-11-17(23)21-9-7-20(8-10-21)12-14-4-5-15(18)24-14/h4-5,13H,3,6-12H2,1-2H3,(H,19,22). The van der Waals surface area contributed by atoms with E-state index >= 15 is 0 Å². The van der Waals surface area contributed by atoms with Crippen LogP contribution in [0.4, 0.5) is 0 Å². The van der Waals surface area contributed by atoms with Crippen LogP contribution in [0.3, 0.4) is 0 Å². The second kappa shape index (κ2) is 9.53. The van der Waals surface area contributed by atoms with Gasteiger partial charge in [-0.15, -0.1) is 11.3 Å². The van der Waals surface area contributed by atoms with Gasteiger partial charge in [-0.2, -0.15) is 0 Å². The second-order valence-corrected chi connectivity index (χ2v) is 9.12. The van der Waals surface area contributed by atoms with Gasteiger partial charge in [-0.1, -0.05) is 13.8 Å². The average molecular weight is 416 g/mol. The number of nitrogens with one attached hydrogen (secondary N) is 1. The van der Waals surface area contributed by atoms with E-state index in [4.69, 9.17) is 0 Å². The van der Waals surface area contributed by atoms with Gasteiger partial charge in [-0.05, 0) is 40.4 Å². The fraction of sp³-hybridized carbons (Fsp3) is 0.647. The van der Waals surface area contributed by atoms with E-state index in [-0.39, 0.29) is 18.4 Å². The summed E-state index contributed by atoms with van der Waals surface area (Å²) in [6, 6.07) is 4.21. The fourth-order valence-electron chi connectivity index (χ4n) is 2.61. The van der Waals surface area contributed by atoms with Crippen molar-refractivity contribution in [1.82, 2.24) is 15.1 Å². The number of carbonyl (C=O) groups is 2. The Morgan fingerprint density at radius 1 is 1.25 bits per heavy atom. The Kier molecular flexibility index (Phi) is 7.71. The molecule has 1 aromatic heterocycles. The number of hydrogen-bond acceptors (Lipinski definition) is 4. The predicted molar refractivity (Wildman–Crippen MR) is 101 cm³/mol. The zero-order valence-corrected chi connectivity index (χ0v) is 16.8. The monoisotopic (exact) mass is 415 g/mol. The third kappa shape index (κ3) is 6.53. The molecule has 0 radical (unpaired) electrons. The molecule has 0 saturated carbocycles. The molecule has 0 unspecified atom stereocenters. The lowest BCUT2D eigenvalue weighted by Gasteiger charge is -2.34. The number of thiophene rings is 1. The van der Waals surface area contributed by atoms with Gasteiger partial charge in [0.05, 0.1) is 10.3 Å². The molecule has 1 fully saturated rings. The van der Waals surface area contributed by atoms with Crippen molar-refractivity contribution < 1.29 is 9.59 Å². The summed E-state index contributed by atoms with van der Waals surface area (Å²) in [4.78, 5) is 29.4. The summed E-state index contributed by atoms with van der Waals surface area (Å²) in [6.45, 7) is 8.45. The van der Waals surface area contributed by atoms with Crippen LogP contribution in [0.1, 0.15) is 31.6 Å². The number of hydrogen-bond donors (Lipinski definition) is 1. The molecule has 2 rings (SSSR count). The van der Waals surface area contributed by atoms with E-state index in [9.17, 15) is 9.59 Å². The van der Waals surface area contributed by atoms with Crippen molar-refractivity contribution in [2.24, 2.45) is 5.92 Å². The smallest absolute Gasteiger partial charge is 0.242 e. The molecule has 24 heavy (non-hydrogen) atoms. The molecule has 1 aromatic rings. The number of halogens is 1. The molecule has 0 spiro atoms. The SMILES string of the molecule is CC(C)CCC(=O)NCC(=O)N1CCN(Cc2ccc(Br)s2)CC1. The normalized spacial score (nSPS) is 15.8. The van der Waals surface area contributed by atoms with Crippen LogP contribution in [-0.4, -0.2) is 54.3 Å². The van der Waals surface area contributed by atoms with Crippen molar-refractivity contribution in [3.63, 3.8) is 0 Å². The van der Waals surface area contributed by atoms with Crippen molar-refractivity contribution in [3.8, 4) is 0 Å². The zero-order chi connectivity index (χ0) is 17.5. The number of nitrogens with zero attached hydrogens (tertiary/aromatic N) is 2. The molecule has 0 aromatic carbocycles. The van der Waals surface area contributed by atoms with Crippen LogP contribution in [0.15, 0.2) is 15.9 Å². The maximum absolute atomic E-state index is 12.2. The summed E-state index contributed by atoms with van der Waals surface area (Å²) in [7, 11) is 0. The van der Waals surface area contributed by atoms with Crippen LogP contribution in [0.25, 0.3) is 0 Å². The van der Waals surface area contributed by atoms with Crippen LogP contribution >= 0.6 is 27.3 Å². The molecule has 2 amide bonds. The van der Waals surface area contributed by atoms with Gasteiger partial charge in [0.15, 0.2) is 0 Å². The van der Waals surface area contributed by atoms with Gasteiger partial charge in [0.1, 0.15) is 0 Å². The minimum absolute atomic E-state index is 0.0198. The van der Waals surface area contributed by atoms with Gasteiger partial charge >= 0.3 is 0 Å². The fourth-order valence-corrected chi connectivity index (χ4v) is 4.13. The molecule has 1 aliphatic rings. The predicted octanol–water partition coefficient (Wildman–Crippen LogP) is 2.71. The molecule has 0 bridgehead atoms. The van der Waals surface area contributed by atoms with E-state index < -0.39 is 0 Å². The Morgan fingerprint density at radius 3 is 2.54 bits per heavy atom. The molecule has 2 heterocycles. The average Bonchev–Trinajstić information content (AvgIpc) is 2.96. The van der Waals surface area contributed by atoms with E-state index in [2.05, 4.69) is 52.1 Å². The lowest BCUT2D eigenvalue weighted by molar-refractivity contribution is -0.134. The molecule has 134 valence electrons. The summed E-state index contributed by atoms with van der Waals surface area (Å²) >= 11 is 5.24. The molecule has 5 nitrogen and oxygen atoms in total. The number of piperazine rings is 1. The minimum Gasteiger partial charge on any atom is -0.347 e. The Labute approximate surface area is 156 Å². The van der Waals surface area contributed by atoms with Gasteiger partial charge in [0, 0.05) is 44.0 Å². The molecule has 7 heteroatoms. The zero-order valence-electron chi connectivity index (χ0n) is 14.4. The number of rotatable bonds is 7. The van der Waals surface area contributed by atoms with E-state index in [1.54, 1.807) is 11.3 Å². The first-order valence-electron chi connectivity index (χ1n) is 8.45. The lowest BCUT2D eigenvalue weighted by atomic mass is 10.1. The molecule has 0 atom stereocenters. The molecule has 1 aliphatic heterocycles. The van der Waals surface area contributed by atoms with Crippen LogP contribution in [0.2, 0.25) is 0 Å². The van der Waals surface area contributed by atoms with Crippen molar-refractivity contribution in [1.29, 1.82) is 0 Å². The number of amides is 2. The number of carbonyl (C=O) groups excluding carboxylic acids is 2. The lowest BCUT2D eigenvalue weighted by Crippen LogP contribution is -2.50. The van der Waals surface area contributed by atoms with Crippen molar-refractivity contribution in [2.75, 3.05) is 32.7 Å². The van der Waals surface area contributed by atoms with E-state index in [1.165, 1.54) is 4.88 Å². The van der Waals surface area contributed by atoms with Crippen LogP contribution < -0.4 is 5.32 Å². The van der Waals surface area contributed by atoms with Gasteiger partial charge in [0.25, 0.3) is 0 Å². The highest BCUT2D eigenvalue weighted by atomic mass is 79.9. The van der Waals surface area contributed by atoms with E-state index in [1.807, 2.05) is 4.90 Å². The Balaban J connectivity index is 1.66. The molecular formula is C17H26BrN3O2S. The maximum atomic E-state index is 12.2. The van der Waals surface area contributed by atoms with E-state index in [0.29, 0.717) is 12.3 Å². The van der Waals surface area contributed by atoms with Crippen LogP contribution in [-0.2, 0) is 16.1 Å². The first kappa shape index (κ1) is 19.4. The molecule has 0 aliphatic carbocycles. The van der Waals surface area contributed by atoms with Gasteiger partial charge < -0.3 is 10.2 Å². The van der Waals surface area contributed by atoms with Gasteiger partial charge in [-0.3, -0.25) is 14.5 Å². The molecule has 1 N–H and O–H groups in total.